The molecule has 0 spiro atoms. The molecule has 1 unspecified atom stereocenters. The molecule has 0 radical (unpaired) electrons. The predicted molar refractivity (Wildman–Crippen MR) is 113 cm³/mol. The maximum atomic E-state index is 6.12. The lowest BCUT2D eigenvalue weighted by atomic mass is 10.1. The molecular formula is C19H22Cl2N6. The molecule has 0 amide bonds. The van der Waals surface area contributed by atoms with Crippen molar-refractivity contribution in [1.29, 1.82) is 0 Å². The van der Waals surface area contributed by atoms with Crippen LogP contribution in [0.4, 0.5) is 11.5 Å². The van der Waals surface area contributed by atoms with Gasteiger partial charge >= 0.3 is 0 Å². The number of benzene rings is 2. The number of halogens is 2. The summed E-state index contributed by atoms with van der Waals surface area (Å²) in [5.74, 6) is 0.736. The first-order chi connectivity index (χ1) is 12.7. The lowest BCUT2D eigenvalue weighted by Crippen LogP contribution is -2.43. The summed E-state index contributed by atoms with van der Waals surface area (Å²) >= 11 is 6.12. The molecule has 3 aromatic rings. The fourth-order valence-corrected chi connectivity index (χ4v) is 3.46. The van der Waals surface area contributed by atoms with Crippen LogP contribution in [-0.4, -0.2) is 41.6 Å². The summed E-state index contributed by atoms with van der Waals surface area (Å²) in [5.41, 5.74) is 3.12. The highest BCUT2D eigenvalue weighted by Crippen LogP contribution is 2.28. The maximum Gasteiger partial charge on any atom is 0.160 e. The highest BCUT2D eigenvalue weighted by molar-refractivity contribution is 6.30. The molecular weight excluding hydrogens is 383 g/mol. The van der Waals surface area contributed by atoms with E-state index in [0.717, 1.165) is 53.5 Å². The zero-order chi connectivity index (χ0) is 17.9. The van der Waals surface area contributed by atoms with E-state index in [-0.39, 0.29) is 18.4 Å². The average molecular weight is 405 g/mol. The van der Waals surface area contributed by atoms with Crippen molar-refractivity contribution >= 4 is 46.4 Å². The van der Waals surface area contributed by atoms with Gasteiger partial charge in [0.2, 0.25) is 0 Å². The van der Waals surface area contributed by atoms with Crippen molar-refractivity contribution in [3.8, 4) is 0 Å². The van der Waals surface area contributed by atoms with Crippen molar-refractivity contribution in [2.45, 2.75) is 13.0 Å². The number of piperazine rings is 1. The van der Waals surface area contributed by atoms with E-state index in [1.165, 1.54) is 5.69 Å². The summed E-state index contributed by atoms with van der Waals surface area (Å²) in [6.45, 7) is 6.08. The number of fused-ring (bicyclic) bond motifs is 1. The molecule has 8 heteroatoms. The van der Waals surface area contributed by atoms with Crippen LogP contribution in [0.15, 0.2) is 42.5 Å². The highest BCUT2D eigenvalue weighted by Gasteiger charge is 2.14. The zero-order valence-corrected chi connectivity index (χ0v) is 16.6. The molecule has 4 rings (SSSR count). The summed E-state index contributed by atoms with van der Waals surface area (Å²) in [4.78, 5) is 2.38. The first-order valence-corrected chi connectivity index (χ1v) is 9.19. The second-order valence-electron chi connectivity index (χ2n) is 6.50. The van der Waals surface area contributed by atoms with E-state index >= 15 is 0 Å². The Morgan fingerprint density at radius 1 is 1.11 bits per heavy atom. The van der Waals surface area contributed by atoms with Crippen LogP contribution in [-0.2, 0) is 0 Å². The standard InChI is InChI=1S/C19H21ClN6.ClH/c1-13(14-3-2-4-15(20)11-14)22-19-17-12-16(26-9-7-21-8-10-26)5-6-18(17)23-25-24-19;/h2-6,11-13,21H,7-10H2,1H3,(H,22,23,24);1H. The smallest absolute Gasteiger partial charge is 0.160 e. The van der Waals surface area contributed by atoms with Crippen molar-refractivity contribution in [2.24, 2.45) is 0 Å². The van der Waals surface area contributed by atoms with Crippen LogP contribution in [0.1, 0.15) is 18.5 Å². The summed E-state index contributed by atoms with van der Waals surface area (Å²) in [6.07, 6.45) is 0. The van der Waals surface area contributed by atoms with Gasteiger partial charge < -0.3 is 15.5 Å². The first kappa shape index (κ1) is 19.6. The van der Waals surface area contributed by atoms with Gasteiger partial charge in [-0.25, -0.2) is 0 Å². The lowest BCUT2D eigenvalue weighted by molar-refractivity contribution is 0.589. The SMILES string of the molecule is CC(Nc1nnnc2ccc(N3CCNCC3)cc12)c1cccc(Cl)c1.Cl. The van der Waals surface area contributed by atoms with Gasteiger partial charge in [-0.2, -0.15) is 0 Å². The van der Waals surface area contributed by atoms with Crippen LogP contribution in [0.25, 0.3) is 10.9 Å². The van der Waals surface area contributed by atoms with Gasteiger partial charge in [0, 0.05) is 42.3 Å². The summed E-state index contributed by atoms with van der Waals surface area (Å²) in [7, 11) is 0. The average Bonchev–Trinajstić information content (AvgIpc) is 2.68. The van der Waals surface area contributed by atoms with Crippen molar-refractivity contribution in [1.82, 2.24) is 20.7 Å². The molecule has 0 bridgehead atoms. The fraction of sp³-hybridized carbons (Fsp3) is 0.316. The topological polar surface area (TPSA) is 66.0 Å². The predicted octanol–water partition coefficient (Wildman–Crippen LogP) is 3.68. The van der Waals surface area contributed by atoms with Crippen LogP contribution < -0.4 is 15.5 Å². The molecule has 1 aliphatic rings. The Kier molecular flexibility index (Phi) is 6.31. The largest absolute Gasteiger partial charge is 0.369 e. The minimum atomic E-state index is 0. The minimum Gasteiger partial charge on any atom is -0.369 e. The molecule has 142 valence electrons. The second kappa shape index (κ2) is 8.69. The maximum absolute atomic E-state index is 6.12. The number of rotatable bonds is 4. The highest BCUT2D eigenvalue weighted by atomic mass is 35.5. The summed E-state index contributed by atoms with van der Waals surface area (Å²) in [6, 6.07) is 14.2. The molecule has 2 aromatic carbocycles. The van der Waals surface area contributed by atoms with Crippen molar-refractivity contribution < 1.29 is 0 Å². The van der Waals surface area contributed by atoms with Crippen LogP contribution in [0, 0.1) is 0 Å². The first-order valence-electron chi connectivity index (χ1n) is 8.81. The van der Waals surface area contributed by atoms with Gasteiger partial charge in [0.15, 0.2) is 5.82 Å². The molecule has 27 heavy (non-hydrogen) atoms. The van der Waals surface area contributed by atoms with E-state index < -0.39 is 0 Å². The zero-order valence-electron chi connectivity index (χ0n) is 15.0. The molecule has 1 atom stereocenters. The summed E-state index contributed by atoms with van der Waals surface area (Å²) < 4.78 is 0. The molecule has 1 fully saturated rings. The van der Waals surface area contributed by atoms with Crippen LogP contribution in [0.2, 0.25) is 5.02 Å². The Balaban J connectivity index is 0.00000210. The van der Waals surface area contributed by atoms with Gasteiger partial charge in [0.05, 0.1) is 11.6 Å². The van der Waals surface area contributed by atoms with Crippen molar-refractivity contribution in [3.05, 3.63) is 53.1 Å². The molecule has 0 aliphatic carbocycles. The molecule has 2 heterocycles. The molecule has 1 aliphatic heterocycles. The molecule has 2 N–H and O–H groups in total. The van der Waals surface area contributed by atoms with Crippen molar-refractivity contribution in [2.75, 3.05) is 36.4 Å². The van der Waals surface area contributed by atoms with Gasteiger partial charge in [-0.3, -0.25) is 0 Å². The van der Waals surface area contributed by atoms with Gasteiger partial charge in [0.1, 0.15) is 0 Å². The monoisotopic (exact) mass is 404 g/mol. The van der Waals surface area contributed by atoms with Crippen LogP contribution >= 0.6 is 24.0 Å². The number of hydrogen-bond donors (Lipinski definition) is 2. The van der Waals surface area contributed by atoms with Crippen LogP contribution in [0.3, 0.4) is 0 Å². The summed E-state index contributed by atoms with van der Waals surface area (Å²) in [5, 5.41) is 20.9. The Morgan fingerprint density at radius 2 is 1.93 bits per heavy atom. The van der Waals surface area contributed by atoms with Gasteiger partial charge in [0.25, 0.3) is 0 Å². The minimum absolute atomic E-state index is 0. The fourth-order valence-electron chi connectivity index (χ4n) is 3.26. The van der Waals surface area contributed by atoms with E-state index in [0.29, 0.717) is 0 Å². The molecule has 1 aromatic heterocycles. The Morgan fingerprint density at radius 3 is 2.70 bits per heavy atom. The number of anilines is 2. The Hall–Kier alpha value is -2.15. The van der Waals surface area contributed by atoms with E-state index in [1.807, 2.05) is 30.3 Å². The second-order valence-corrected chi connectivity index (χ2v) is 6.93. The quantitative estimate of drug-likeness (QED) is 0.691. The van der Waals surface area contributed by atoms with Gasteiger partial charge in [-0.1, -0.05) is 23.7 Å². The Bertz CT molecular complexity index is 914. The third-order valence-electron chi connectivity index (χ3n) is 4.72. The third kappa shape index (κ3) is 4.40. The van der Waals surface area contributed by atoms with E-state index in [2.05, 4.69) is 50.0 Å². The van der Waals surface area contributed by atoms with Gasteiger partial charge in [-0.05, 0) is 48.0 Å². The number of nitrogens with zero attached hydrogens (tertiary/aromatic N) is 4. The lowest BCUT2D eigenvalue weighted by Gasteiger charge is -2.29. The van der Waals surface area contributed by atoms with E-state index in [1.54, 1.807) is 0 Å². The van der Waals surface area contributed by atoms with Crippen LogP contribution in [0.5, 0.6) is 0 Å². The molecule has 0 saturated carbocycles. The van der Waals surface area contributed by atoms with Gasteiger partial charge in [-0.15, -0.1) is 22.6 Å². The number of hydrogen-bond acceptors (Lipinski definition) is 6. The molecule has 6 nitrogen and oxygen atoms in total. The number of aromatic nitrogens is 3. The van der Waals surface area contributed by atoms with E-state index in [4.69, 9.17) is 11.6 Å². The molecule has 1 saturated heterocycles. The normalized spacial score (nSPS) is 15.3. The Labute approximate surface area is 169 Å². The van der Waals surface area contributed by atoms with E-state index in [9.17, 15) is 0 Å². The third-order valence-corrected chi connectivity index (χ3v) is 4.95. The van der Waals surface area contributed by atoms with Crippen molar-refractivity contribution in [3.63, 3.8) is 0 Å². The number of nitrogens with one attached hydrogen (secondary N) is 2.